The van der Waals surface area contributed by atoms with Crippen LogP contribution in [-0.4, -0.2) is 63.5 Å². The molecule has 98 valence electrons. The van der Waals surface area contributed by atoms with Crippen molar-refractivity contribution < 1.29 is 9.59 Å². The Labute approximate surface area is 109 Å². The summed E-state index contributed by atoms with van der Waals surface area (Å²) in [4.78, 5) is 30.4. The zero-order chi connectivity index (χ0) is 13.2. The second-order valence-electron chi connectivity index (χ2n) is 4.43. The first kappa shape index (κ1) is 11.6. The summed E-state index contributed by atoms with van der Waals surface area (Å²) in [6, 6.07) is 1.78. The average molecular weight is 259 g/mol. The van der Waals surface area contributed by atoms with Crippen molar-refractivity contribution in [1.29, 1.82) is 0 Å². The molecule has 1 saturated heterocycles. The molecule has 7 heteroatoms. The normalized spacial score (nSPS) is 15.8. The van der Waals surface area contributed by atoms with Crippen molar-refractivity contribution in [2.45, 2.75) is 0 Å². The van der Waals surface area contributed by atoms with Gasteiger partial charge in [0.05, 0.1) is 10.9 Å². The van der Waals surface area contributed by atoms with Gasteiger partial charge in [0.25, 0.3) is 5.91 Å². The third-order valence-corrected chi connectivity index (χ3v) is 3.32. The largest absolute Gasteiger partial charge is 0.342 e. The molecule has 0 radical (unpaired) electrons. The van der Waals surface area contributed by atoms with Crippen LogP contribution in [0.3, 0.4) is 0 Å². The zero-order valence-electron chi connectivity index (χ0n) is 10.2. The van der Waals surface area contributed by atoms with Gasteiger partial charge >= 0.3 is 0 Å². The van der Waals surface area contributed by atoms with Crippen LogP contribution in [0.15, 0.2) is 18.5 Å². The highest BCUT2D eigenvalue weighted by atomic mass is 16.2. The van der Waals surface area contributed by atoms with E-state index in [4.69, 9.17) is 0 Å². The quantitative estimate of drug-likeness (QED) is 0.762. The molecule has 0 aliphatic carbocycles. The summed E-state index contributed by atoms with van der Waals surface area (Å²) in [6.07, 6.45) is 4.10. The molecule has 19 heavy (non-hydrogen) atoms. The molecule has 0 saturated carbocycles. The van der Waals surface area contributed by atoms with Gasteiger partial charge in [-0.25, -0.2) is 0 Å². The molecule has 1 N–H and O–H groups in total. The smallest absolute Gasteiger partial charge is 0.275 e. The summed E-state index contributed by atoms with van der Waals surface area (Å²) in [7, 11) is 0. The molecule has 1 fully saturated rings. The van der Waals surface area contributed by atoms with Gasteiger partial charge in [0.2, 0.25) is 6.41 Å². The van der Waals surface area contributed by atoms with Crippen LogP contribution >= 0.6 is 0 Å². The number of H-pyrrole nitrogens is 1. The minimum Gasteiger partial charge on any atom is -0.342 e. The fourth-order valence-corrected chi connectivity index (χ4v) is 2.20. The second-order valence-corrected chi connectivity index (χ2v) is 4.43. The van der Waals surface area contributed by atoms with Crippen LogP contribution in [-0.2, 0) is 4.79 Å². The molecule has 2 aromatic heterocycles. The predicted molar refractivity (Wildman–Crippen MR) is 67.4 cm³/mol. The predicted octanol–water partition coefficient (Wildman–Crippen LogP) is -0.128. The summed E-state index contributed by atoms with van der Waals surface area (Å²) in [6.45, 7) is 2.20. The van der Waals surface area contributed by atoms with Crippen molar-refractivity contribution in [2.24, 2.45) is 0 Å². The molecule has 0 atom stereocenters. The molecule has 2 amide bonds. The van der Waals surface area contributed by atoms with Gasteiger partial charge in [-0.05, 0) is 6.07 Å². The van der Waals surface area contributed by atoms with E-state index in [0.717, 1.165) is 17.3 Å². The van der Waals surface area contributed by atoms with Crippen molar-refractivity contribution >= 4 is 23.2 Å². The molecule has 0 spiro atoms. The molecule has 0 unspecified atom stereocenters. The average Bonchev–Trinajstić information content (AvgIpc) is 2.90. The number of nitrogens with zero attached hydrogens (tertiary/aromatic N) is 4. The first-order valence-electron chi connectivity index (χ1n) is 6.06. The van der Waals surface area contributed by atoms with Gasteiger partial charge in [0.15, 0.2) is 5.69 Å². The fraction of sp³-hybridized carbons (Fsp3) is 0.333. The summed E-state index contributed by atoms with van der Waals surface area (Å²) in [5, 5.41) is 7.62. The second kappa shape index (κ2) is 4.68. The zero-order valence-corrected chi connectivity index (χ0v) is 10.2. The number of carbonyl (C=O) groups excluding carboxylic acids is 2. The van der Waals surface area contributed by atoms with E-state index in [2.05, 4.69) is 15.2 Å². The Hall–Kier alpha value is -2.44. The molecule has 1 aliphatic rings. The van der Waals surface area contributed by atoms with Crippen molar-refractivity contribution in [3.63, 3.8) is 0 Å². The highest BCUT2D eigenvalue weighted by molar-refractivity contribution is 6.04. The van der Waals surface area contributed by atoms with E-state index in [0.29, 0.717) is 31.9 Å². The number of fused-ring (bicyclic) bond motifs is 1. The number of nitrogens with one attached hydrogen (secondary N) is 1. The van der Waals surface area contributed by atoms with Crippen molar-refractivity contribution in [3.05, 3.63) is 24.2 Å². The third-order valence-electron chi connectivity index (χ3n) is 3.32. The Morgan fingerprint density at radius 1 is 1.32 bits per heavy atom. The van der Waals surface area contributed by atoms with E-state index in [1.807, 2.05) is 0 Å². The Morgan fingerprint density at radius 2 is 2.11 bits per heavy atom. The monoisotopic (exact) mass is 259 g/mol. The van der Waals surface area contributed by atoms with E-state index in [1.165, 1.54) is 0 Å². The Kier molecular flexibility index (Phi) is 2.86. The van der Waals surface area contributed by atoms with Gasteiger partial charge in [0, 0.05) is 38.6 Å². The van der Waals surface area contributed by atoms with Gasteiger partial charge in [-0.2, -0.15) is 5.10 Å². The minimum atomic E-state index is -0.121. The Balaban J connectivity index is 1.82. The van der Waals surface area contributed by atoms with Crippen molar-refractivity contribution in [3.8, 4) is 0 Å². The maximum Gasteiger partial charge on any atom is 0.275 e. The van der Waals surface area contributed by atoms with E-state index in [-0.39, 0.29) is 5.91 Å². The van der Waals surface area contributed by atoms with E-state index < -0.39 is 0 Å². The topological polar surface area (TPSA) is 82.2 Å². The Bertz CT molecular complexity index is 615. The summed E-state index contributed by atoms with van der Waals surface area (Å²) < 4.78 is 0. The van der Waals surface area contributed by atoms with E-state index in [1.54, 1.807) is 28.3 Å². The fourth-order valence-electron chi connectivity index (χ4n) is 2.20. The molecule has 3 rings (SSSR count). The number of aromatic nitrogens is 3. The summed E-state index contributed by atoms with van der Waals surface area (Å²) >= 11 is 0. The summed E-state index contributed by atoms with van der Waals surface area (Å²) in [5.74, 6) is -0.121. The maximum atomic E-state index is 12.4. The summed E-state index contributed by atoms with van der Waals surface area (Å²) in [5.41, 5.74) is 1.19. The van der Waals surface area contributed by atoms with Gasteiger partial charge < -0.3 is 9.80 Å². The van der Waals surface area contributed by atoms with Crippen molar-refractivity contribution in [1.82, 2.24) is 25.0 Å². The minimum absolute atomic E-state index is 0.121. The van der Waals surface area contributed by atoms with Crippen LogP contribution in [0, 0.1) is 0 Å². The number of amides is 2. The SMILES string of the molecule is O=CN1CCN(C(=O)c2n[nH]c3ccncc23)CC1. The van der Waals surface area contributed by atoms with E-state index >= 15 is 0 Å². The highest BCUT2D eigenvalue weighted by Gasteiger charge is 2.24. The van der Waals surface area contributed by atoms with Crippen LogP contribution in [0.1, 0.15) is 10.5 Å². The van der Waals surface area contributed by atoms with Crippen LogP contribution in [0.4, 0.5) is 0 Å². The number of aromatic amines is 1. The lowest BCUT2D eigenvalue weighted by atomic mass is 10.2. The van der Waals surface area contributed by atoms with E-state index in [9.17, 15) is 9.59 Å². The number of rotatable bonds is 2. The molecule has 7 nitrogen and oxygen atoms in total. The highest BCUT2D eigenvalue weighted by Crippen LogP contribution is 2.16. The Morgan fingerprint density at radius 3 is 2.84 bits per heavy atom. The maximum absolute atomic E-state index is 12.4. The lowest BCUT2D eigenvalue weighted by Gasteiger charge is -2.32. The molecule has 1 aliphatic heterocycles. The first-order chi connectivity index (χ1) is 9.29. The number of pyridine rings is 1. The molecular weight excluding hydrogens is 246 g/mol. The van der Waals surface area contributed by atoms with Crippen LogP contribution in [0.25, 0.3) is 10.9 Å². The van der Waals surface area contributed by atoms with Crippen LogP contribution < -0.4 is 0 Å². The van der Waals surface area contributed by atoms with Crippen LogP contribution in [0.2, 0.25) is 0 Å². The van der Waals surface area contributed by atoms with Gasteiger partial charge in [-0.1, -0.05) is 0 Å². The molecule has 0 aromatic carbocycles. The lowest BCUT2D eigenvalue weighted by Crippen LogP contribution is -2.48. The third kappa shape index (κ3) is 2.03. The van der Waals surface area contributed by atoms with Gasteiger partial charge in [-0.3, -0.25) is 19.7 Å². The lowest BCUT2D eigenvalue weighted by molar-refractivity contribution is -0.119. The van der Waals surface area contributed by atoms with Gasteiger partial charge in [-0.15, -0.1) is 0 Å². The van der Waals surface area contributed by atoms with Crippen LogP contribution in [0.5, 0.6) is 0 Å². The number of hydrogen-bond donors (Lipinski definition) is 1. The van der Waals surface area contributed by atoms with Crippen molar-refractivity contribution in [2.75, 3.05) is 26.2 Å². The number of carbonyl (C=O) groups is 2. The first-order valence-corrected chi connectivity index (χ1v) is 6.06. The molecule has 3 heterocycles. The standard InChI is InChI=1S/C12H13N5O2/c18-8-16-3-5-17(6-4-16)12(19)11-9-7-13-2-1-10(9)14-15-11/h1-2,7-8H,3-6H2,(H,14,15). The van der Waals surface area contributed by atoms with Gasteiger partial charge in [0.1, 0.15) is 0 Å². The molecular formula is C12H13N5O2. The number of piperazine rings is 1. The molecule has 0 bridgehead atoms. The molecule has 2 aromatic rings. The number of hydrogen-bond acceptors (Lipinski definition) is 4.